The lowest BCUT2D eigenvalue weighted by Gasteiger charge is -2.33. The van der Waals surface area contributed by atoms with Crippen molar-refractivity contribution in [2.24, 2.45) is 0 Å². The van der Waals surface area contributed by atoms with Crippen LogP contribution in [-0.2, 0) is 9.09 Å². The number of rotatable bonds is 5. The molecule has 1 unspecified atom stereocenters. The fraction of sp³-hybridized carbons (Fsp3) is 1.00. The molecule has 0 saturated carbocycles. The van der Waals surface area contributed by atoms with Crippen molar-refractivity contribution >= 4 is 30.9 Å². The molecule has 84 valence electrons. The van der Waals surface area contributed by atoms with E-state index in [-0.39, 0.29) is 24.8 Å². The van der Waals surface area contributed by atoms with Gasteiger partial charge in [0.15, 0.2) is 0 Å². The Kier molecular flexibility index (Phi) is 2.90. The molecule has 1 N–H and O–H groups in total. The van der Waals surface area contributed by atoms with E-state index < -0.39 is 27.1 Å². The quantitative estimate of drug-likeness (QED) is 0.610. The SMILES string of the molecule is [2H]C1([2H])NP(=O)(N(CCCl)CCCl)OC([2H])([2H])C1([2H])[2H]. The first-order chi connectivity index (χ1) is 8.93. The Morgan fingerprint density at radius 3 is 2.64 bits per heavy atom. The van der Waals surface area contributed by atoms with E-state index in [1.165, 1.54) is 0 Å². The molecule has 1 aliphatic rings. The molecule has 4 nitrogen and oxygen atoms in total. The normalized spacial score (nSPS) is 45.4. The van der Waals surface area contributed by atoms with Gasteiger partial charge in [-0.2, -0.15) is 0 Å². The Morgan fingerprint density at radius 2 is 2.14 bits per heavy atom. The summed E-state index contributed by atoms with van der Waals surface area (Å²) in [5, 5.41) is 1.95. The first-order valence-corrected chi connectivity index (χ1v) is 6.56. The molecule has 0 aliphatic carbocycles. The smallest absolute Gasteiger partial charge is 0.306 e. The number of alkyl halides is 2. The van der Waals surface area contributed by atoms with Gasteiger partial charge in [-0.3, -0.25) is 4.57 Å². The molecule has 0 radical (unpaired) electrons. The van der Waals surface area contributed by atoms with Crippen molar-refractivity contribution in [3.8, 4) is 0 Å². The van der Waals surface area contributed by atoms with Gasteiger partial charge in [-0.25, -0.2) is 9.76 Å². The van der Waals surface area contributed by atoms with Crippen molar-refractivity contribution in [1.82, 2.24) is 9.76 Å². The highest BCUT2D eigenvalue weighted by molar-refractivity contribution is 7.54. The van der Waals surface area contributed by atoms with Crippen LogP contribution < -0.4 is 5.09 Å². The van der Waals surface area contributed by atoms with Crippen LogP contribution in [0.4, 0.5) is 0 Å². The summed E-state index contributed by atoms with van der Waals surface area (Å²) in [6, 6.07) is 0. The number of hydrogen-bond donors (Lipinski definition) is 1. The third-order valence-corrected chi connectivity index (χ3v) is 3.75. The largest absolute Gasteiger partial charge is 0.343 e. The van der Waals surface area contributed by atoms with Crippen LogP contribution in [-0.4, -0.2) is 42.6 Å². The van der Waals surface area contributed by atoms with Crippen molar-refractivity contribution < 1.29 is 17.3 Å². The monoisotopic (exact) mass is 266 g/mol. The predicted molar refractivity (Wildman–Crippen MR) is 59.2 cm³/mol. The summed E-state index contributed by atoms with van der Waals surface area (Å²) < 4.78 is 63.7. The summed E-state index contributed by atoms with van der Waals surface area (Å²) in [5.41, 5.74) is 0. The van der Waals surface area contributed by atoms with E-state index in [1.54, 1.807) is 0 Å². The molecule has 1 rings (SSSR count). The average Bonchev–Trinajstić information content (AvgIpc) is 2.25. The van der Waals surface area contributed by atoms with E-state index in [0.29, 0.717) is 0 Å². The van der Waals surface area contributed by atoms with Gasteiger partial charge >= 0.3 is 7.67 Å². The molecule has 1 aliphatic heterocycles. The van der Waals surface area contributed by atoms with Gasteiger partial charge in [0, 0.05) is 36.8 Å². The number of hydrogen-bond acceptors (Lipinski definition) is 2. The van der Waals surface area contributed by atoms with Crippen LogP contribution in [0.5, 0.6) is 0 Å². The molecule has 1 heterocycles. The van der Waals surface area contributed by atoms with Crippen molar-refractivity contribution in [1.29, 1.82) is 0 Å². The summed E-state index contributed by atoms with van der Waals surface area (Å²) in [5.74, 6) is 0.0929. The summed E-state index contributed by atoms with van der Waals surface area (Å²) in [6.45, 7) is -5.92. The van der Waals surface area contributed by atoms with Gasteiger partial charge in [0.1, 0.15) is 0 Å². The molecule has 0 aromatic carbocycles. The Hall–Kier alpha value is 0.690. The summed E-state index contributed by atoms with van der Waals surface area (Å²) in [4.78, 5) is 0. The van der Waals surface area contributed by atoms with Crippen LogP contribution in [0.2, 0.25) is 0 Å². The second kappa shape index (κ2) is 6.31. The van der Waals surface area contributed by atoms with E-state index in [9.17, 15) is 4.57 Å². The van der Waals surface area contributed by atoms with Crippen LogP contribution in [0.25, 0.3) is 0 Å². The molecule has 0 bridgehead atoms. The van der Waals surface area contributed by atoms with Crippen LogP contribution in [0, 0.1) is 0 Å². The molecule has 0 spiro atoms. The van der Waals surface area contributed by atoms with Gasteiger partial charge in [-0.15, -0.1) is 23.2 Å². The van der Waals surface area contributed by atoms with Crippen LogP contribution in [0.15, 0.2) is 0 Å². The second-order valence-corrected chi connectivity index (χ2v) is 5.18. The highest BCUT2D eigenvalue weighted by Gasteiger charge is 2.32. The maximum absolute atomic E-state index is 12.7. The van der Waals surface area contributed by atoms with Gasteiger partial charge in [-0.05, 0) is 6.37 Å². The van der Waals surface area contributed by atoms with Gasteiger partial charge in [-0.1, -0.05) is 0 Å². The lowest BCUT2D eigenvalue weighted by molar-refractivity contribution is 0.233. The number of nitrogens with zero attached hydrogens (tertiary/aromatic N) is 1. The van der Waals surface area contributed by atoms with Crippen molar-refractivity contribution in [2.75, 3.05) is 37.9 Å². The molecular weight excluding hydrogens is 246 g/mol. The average molecular weight is 267 g/mol. The minimum Gasteiger partial charge on any atom is -0.306 e. The highest BCUT2D eigenvalue weighted by Crippen LogP contribution is 2.47. The van der Waals surface area contributed by atoms with Gasteiger partial charge in [0.2, 0.25) is 0 Å². The number of nitrogens with one attached hydrogen (secondary N) is 1. The van der Waals surface area contributed by atoms with Crippen LogP contribution >= 0.6 is 30.9 Å². The Morgan fingerprint density at radius 1 is 1.50 bits per heavy atom. The first-order valence-electron chi connectivity index (χ1n) is 6.91. The maximum Gasteiger partial charge on any atom is 0.343 e. The maximum atomic E-state index is 12.7. The molecule has 14 heavy (non-hydrogen) atoms. The Bertz CT molecular complexity index is 383. The van der Waals surface area contributed by atoms with E-state index in [1.807, 2.05) is 5.09 Å². The van der Waals surface area contributed by atoms with Crippen LogP contribution in [0.1, 0.15) is 14.6 Å². The zero-order valence-electron chi connectivity index (χ0n) is 13.3. The Labute approximate surface area is 103 Å². The fourth-order valence-electron chi connectivity index (χ4n) is 0.930. The van der Waals surface area contributed by atoms with Crippen molar-refractivity contribution in [2.45, 2.75) is 6.37 Å². The fourth-order valence-corrected chi connectivity index (χ4v) is 2.97. The minimum absolute atomic E-state index is 0.0215. The van der Waals surface area contributed by atoms with E-state index in [4.69, 9.17) is 36.0 Å². The third kappa shape index (κ3) is 3.37. The lowest BCUT2D eigenvalue weighted by atomic mass is 10.5. The zero-order valence-corrected chi connectivity index (χ0v) is 9.70. The highest BCUT2D eigenvalue weighted by atomic mass is 35.5. The predicted octanol–water partition coefficient (Wildman–Crippen LogP) is 1.88. The zero-order chi connectivity index (χ0) is 15.8. The third-order valence-electron chi connectivity index (χ3n) is 1.54. The molecule has 7 heteroatoms. The van der Waals surface area contributed by atoms with Crippen LogP contribution in [0.3, 0.4) is 0 Å². The molecular formula is C7H15Cl2N2O2P. The Balaban J connectivity index is 3.17. The summed E-state index contributed by atoms with van der Waals surface area (Å²) in [6.07, 6.45) is -3.03. The standard InChI is InChI=1S/C7H15Cl2N2O2P/c8-2-5-11(6-3-9)14(12)10-4-1-7-13-14/h1-7H2,(H,10,12)/i1D2,4D2,7D2. The molecule has 1 atom stereocenters. The molecule has 1 saturated heterocycles. The summed E-state index contributed by atoms with van der Waals surface area (Å²) >= 11 is 11.1. The van der Waals surface area contributed by atoms with Gasteiger partial charge in [0.25, 0.3) is 0 Å². The van der Waals surface area contributed by atoms with E-state index in [2.05, 4.69) is 0 Å². The molecule has 1 fully saturated rings. The summed E-state index contributed by atoms with van der Waals surface area (Å²) in [7, 11) is -4.16. The second-order valence-electron chi connectivity index (χ2n) is 2.41. The lowest BCUT2D eigenvalue weighted by Crippen LogP contribution is -2.35. The van der Waals surface area contributed by atoms with Gasteiger partial charge in [0.05, 0.1) is 9.30 Å². The number of halogens is 2. The van der Waals surface area contributed by atoms with E-state index >= 15 is 0 Å². The minimum atomic E-state index is -4.16. The van der Waals surface area contributed by atoms with Crippen molar-refractivity contribution in [3.05, 3.63) is 0 Å². The van der Waals surface area contributed by atoms with Crippen molar-refractivity contribution in [3.63, 3.8) is 0 Å². The molecule has 0 aromatic rings. The molecule has 0 amide bonds. The van der Waals surface area contributed by atoms with E-state index in [0.717, 1.165) is 4.67 Å². The molecule has 0 aromatic heterocycles. The first kappa shape index (κ1) is 6.43. The topological polar surface area (TPSA) is 41.6 Å². The van der Waals surface area contributed by atoms with Gasteiger partial charge < -0.3 is 4.52 Å².